The van der Waals surface area contributed by atoms with Gasteiger partial charge < -0.3 is 9.73 Å². The second-order valence-corrected chi connectivity index (χ2v) is 4.85. The van der Waals surface area contributed by atoms with E-state index in [1.165, 1.54) is 5.56 Å². The molecule has 1 aromatic heterocycles. The minimum atomic E-state index is 0.574. The van der Waals surface area contributed by atoms with Crippen LogP contribution in [-0.2, 0) is 13.0 Å². The third kappa shape index (κ3) is 4.21. The maximum absolute atomic E-state index is 5.55. The fraction of sp³-hybridized carbons (Fsp3) is 0.438. The Hall–Kier alpha value is -1.61. The molecule has 0 aliphatic carbocycles. The lowest BCUT2D eigenvalue weighted by Gasteiger charge is -2.11. The van der Waals surface area contributed by atoms with Crippen LogP contribution in [0.4, 0.5) is 0 Å². The van der Waals surface area contributed by atoms with Crippen molar-refractivity contribution >= 4 is 0 Å². The summed E-state index contributed by atoms with van der Waals surface area (Å²) in [5.41, 5.74) is 1.40. The lowest BCUT2D eigenvalue weighted by Crippen LogP contribution is -2.16. The van der Waals surface area contributed by atoms with Gasteiger partial charge in [0.1, 0.15) is 5.76 Å². The molecule has 102 valence electrons. The van der Waals surface area contributed by atoms with E-state index in [0.717, 1.165) is 31.0 Å². The number of oxazole rings is 1. The van der Waals surface area contributed by atoms with Crippen molar-refractivity contribution < 1.29 is 4.42 Å². The zero-order chi connectivity index (χ0) is 13.5. The van der Waals surface area contributed by atoms with Crippen LogP contribution >= 0.6 is 0 Å². The third-order valence-corrected chi connectivity index (χ3v) is 3.35. The molecule has 2 rings (SSSR count). The van der Waals surface area contributed by atoms with Crippen LogP contribution in [0, 0.1) is 0 Å². The first-order valence-electron chi connectivity index (χ1n) is 6.99. The number of aryl methyl sites for hydroxylation is 1. The molecule has 3 heteroatoms. The molecule has 1 N–H and O–H groups in total. The minimum absolute atomic E-state index is 0.574. The summed E-state index contributed by atoms with van der Waals surface area (Å²) in [6.07, 6.45) is 3.83. The van der Waals surface area contributed by atoms with E-state index in [9.17, 15) is 0 Å². The Morgan fingerprint density at radius 3 is 2.74 bits per heavy atom. The number of hydrogen-bond acceptors (Lipinski definition) is 3. The Labute approximate surface area is 115 Å². The van der Waals surface area contributed by atoms with Gasteiger partial charge >= 0.3 is 0 Å². The highest BCUT2D eigenvalue weighted by molar-refractivity contribution is 5.18. The average molecular weight is 258 g/mol. The predicted molar refractivity (Wildman–Crippen MR) is 77.1 cm³/mol. The lowest BCUT2D eigenvalue weighted by atomic mass is 9.98. The number of aromatic nitrogens is 1. The van der Waals surface area contributed by atoms with Crippen LogP contribution < -0.4 is 5.32 Å². The SMILES string of the molecule is CCc1cnc(CNCCC(C)c2ccccc2)o1. The summed E-state index contributed by atoms with van der Waals surface area (Å²) in [6.45, 7) is 6.01. The molecule has 1 heterocycles. The molecule has 1 aromatic carbocycles. The van der Waals surface area contributed by atoms with Crippen LogP contribution in [0.2, 0.25) is 0 Å². The second kappa shape index (κ2) is 7.10. The summed E-state index contributed by atoms with van der Waals surface area (Å²) in [5.74, 6) is 2.31. The molecular formula is C16H22N2O. The molecule has 0 spiro atoms. The minimum Gasteiger partial charge on any atom is -0.444 e. The van der Waals surface area contributed by atoms with Crippen LogP contribution in [0.1, 0.15) is 43.4 Å². The second-order valence-electron chi connectivity index (χ2n) is 4.85. The highest BCUT2D eigenvalue weighted by Crippen LogP contribution is 2.17. The Balaban J connectivity index is 1.69. The topological polar surface area (TPSA) is 38.1 Å². The van der Waals surface area contributed by atoms with Gasteiger partial charge in [0, 0.05) is 6.42 Å². The van der Waals surface area contributed by atoms with Crippen LogP contribution in [0.5, 0.6) is 0 Å². The van der Waals surface area contributed by atoms with Gasteiger partial charge in [-0.25, -0.2) is 4.98 Å². The summed E-state index contributed by atoms with van der Waals surface area (Å²) in [5, 5.41) is 3.38. The van der Waals surface area contributed by atoms with E-state index < -0.39 is 0 Å². The average Bonchev–Trinajstić information content (AvgIpc) is 2.92. The summed E-state index contributed by atoms with van der Waals surface area (Å²) >= 11 is 0. The first kappa shape index (κ1) is 13.8. The fourth-order valence-electron chi connectivity index (χ4n) is 2.06. The van der Waals surface area contributed by atoms with Crippen molar-refractivity contribution in [3.05, 3.63) is 53.7 Å². The summed E-state index contributed by atoms with van der Waals surface area (Å²) in [6, 6.07) is 10.6. The van der Waals surface area contributed by atoms with Gasteiger partial charge in [0.05, 0.1) is 12.7 Å². The van der Waals surface area contributed by atoms with Gasteiger partial charge in [-0.2, -0.15) is 0 Å². The smallest absolute Gasteiger partial charge is 0.208 e. The molecule has 0 fully saturated rings. The first-order chi connectivity index (χ1) is 9.29. The van der Waals surface area contributed by atoms with Crippen LogP contribution in [-0.4, -0.2) is 11.5 Å². The molecule has 0 aliphatic rings. The molecule has 0 radical (unpaired) electrons. The van der Waals surface area contributed by atoms with E-state index in [2.05, 4.69) is 54.5 Å². The highest BCUT2D eigenvalue weighted by Gasteiger charge is 2.05. The van der Waals surface area contributed by atoms with Crippen molar-refractivity contribution in [1.29, 1.82) is 0 Å². The van der Waals surface area contributed by atoms with Crippen LogP contribution in [0.25, 0.3) is 0 Å². The molecule has 0 saturated heterocycles. The zero-order valence-corrected chi connectivity index (χ0v) is 11.7. The van der Waals surface area contributed by atoms with E-state index in [0.29, 0.717) is 12.5 Å². The van der Waals surface area contributed by atoms with Gasteiger partial charge in [0.2, 0.25) is 5.89 Å². The van der Waals surface area contributed by atoms with E-state index in [1.807, 2.05) is 6.20 Å². The highest BCUT2D eigenvalue weighted by atomic mass is 16.4. The first-order valence-corrected chi connectivity index (χ1v) is 6.99. The van der Waals surface area contributed by atoms with Gasteiger partial charge in [-0.05, 0) is 24.4 Å². The molecule has 3 nitrogen and oxygen atoms in total. The van der Waals surface area contributed by atoms with Crippen molar-refractivity contribution in [2.75, 3.05) is 6.54 Å². The number of nitrogens with zero attached hydrogens (tertiary/aromatic N) is 1. The molecular weight excluding hydrogens is 236 g/mol. The van der Waals surface area contributed by atoms with Crippen molar-refractivity contribution in [2.24, 2.45) is 0 Å². The quantitative estimate of drug-likeness (QED) is 0.772. The van der Waals surface area contributed by atoms with E-state index >= 15 is 0 Å². The van der Waals surface area contributed by atoms with Crippen LogP contribution in [0.3, 0.4) is 0 Å². The van der Waals surface area contributed by atoms with Gasteiger partial charge in [-0.1, -0.05) is 44.2 Å². The zero-order valence-electron chi connectivity index (χ0n) is 11.7. The van der Waals surface area contributed by atoms with E-state index in [4.69, 9.17) is 4.42 Å². The molecule has 1 atom stereocenters. The fourth-order valence-corrected chi connectivity index (χ4v) is 2.06. The summed E-state index contributed by atoms with van der Waals surface area (Å²) in [7, 11) is 0. The van der Waals surface area contributed by atoms with E-state index in [-0.39, 0.29) is 0 Å². The normalized spacial score (nSPS) is 12.5. The Kier molecular flexibility index (Phi) is 5.16. The largest absolute Gasteiger partial charge is 0.444 e. The molecule has 2 aromatic rings. The van der Waals surface area contributed by atoms with Gasteiger partial charge in [-0.15, -0.1) is 0 Å². The lowest BCUT2D eigenvalue weighted by molar-refractivity contribution is 0.435. The van der Waals surface area contributed by atoms with E-state index in [1.54, 1.807) is 0 Å². The summed E-state index contributed by atoms with van der Waals surface area (Å²) in [4.78, 5) is 4.23. The number of nitrogens with one attached hydrogen (secondary N) is 1. The molecule has 0 bridgehead atoms. The van der Waals surface area contributed by atoms with Gasteiger partial charge in [-0.3, -0.25) is 0 Å². The number of rotatable bonds is 7. The van der Waals surface area contributed by atoms with Crippen molar-refractivity contribution in [2.45, 2.75) is 39.2 Å². The van der Waals surface area contributed by atoms with Crippen molar-refractivity contribution in [3.63, 3.8) is 0 Å². The van der Waals surface area contributed by atoms with Crippen LogP contribution in [0.15, 0.2) is 40.9 Å². The monoisotopic (exact) mass is 258 g/mol. The molecule has 0 aliphatic heterocycles. The van der Waals surface area contributed by atoms with Gasteiger partial charge in [0.25, 0.3) is 0 Å². The standard InChI is InChI=1S/C16H22N2O/c1-3-15-11-18-16(19-15)12-17-10-9-13(2)14-7-5-4-6-8-14/h4-8,11,13,17H,3,9-10,12H2,1-2H3. The van der Waals surface area contributed by atoms with Gasteiger partial charge in [0.15, 0.2) is 0 Å². The Morgan fingerprint density at radius 2 is 2.05 bits per heavy atom. The molecule has 0 saturated carbocycles. The molecule has 19 heavy (non-hydrogen) atoms. The van der Waals surface area contributed by atoms with Crippen molar-refractivity contribution in [1.82, 2.24) is 10.3 Å². The summed E-state index contributed by atoms with van der Waals surface area (Å²) < 4.78 is 5.55. The number of benzene rings is 1. The Bertz CT molecular complexity index is 479. The van der Waals surface area contributed by atoms with Crippen molar-refractivity contribution in [3.8, 4) is 0 Å². The number of hydrogen-bond donors (Lipinski definition) is 1. The maximum atomic E-state index is 5.55. The Morgan fingerprint density at radius 1 is 1.26 bits per heavy atom. The predicted octanol–water partition coefficient (Wildman–Crippen LogP) is 3.52. The molecule has 1 unspecified atom stereocenters. The third-order valence-electron chi connectivity index (χ3n) is 3.35. The molecule has 0 amide bonds. The maximum Gasteiger partial charge on any atom is 0.208 e.